The number of nitrogens with zero attached hydrogens (tertiary/aromatic N) is 4. The van der Waals surface area contributed by atoms with Crippen molar-refractivity contribution in [2.24, 2.45) is 0 Å². The molecule has 1 aliphatic rings. The summed E-state index contributed by atoms with van der Waals surface area (Å²) < 4.78 is 2.00. The highest BCUT2D eigenvalue weighted by Crippen LogP contribution is 2.33. The molecule has 5 nitrogen and oxygen atoms in total. The highest BCUT2D eigenvalue weighted by atomic mass is 32.1. The van der Waals surface area contributed by atoms with E-state index in [4.69, 9.17) is 0 Å². The molecule has 0 unspecified atom stereocenters. The van der Waals surface area contributed by atoms with Crippen molar-refractivity contribution >= 4 is 17.2 Å². The van der Waals surface area contributed by atoms with E-state index in [1.807, 2.05) is 36.2 Å². The first-order valence-corrected chi connectivity index (χ1v) is 8.81. The van der Waals surface area contributed by atoms with Gasteiger partial charge < -0.3 is 9.47 Å². The minimum atomic E-state index is -0.484. The Balaban J connectivity index is 1.74. The van der Waals surface area contributed by atoms with Gasteiger partial charge in [0, 0.05) is 55.9 Å². The van der Waals surface area contributed by atoms with Crippen LogP contribution in [0.4, 0.5) is 0 Å². The lowest BCUT2D eigenvalue weighted by atomic mass is 9.85. The molecule has 3 rings (SSSR count). The van der Waals surface area contributed by atoms with Gasteiger partial charge in [0.25, 0.3) is 0 Å². The van der Waals surface area contributed by atoms with Crippen molar-refractivity contribution < 1.29 is 4.79 Å². The van der Waals surface area contributed by atoms with Crippen LogP contribution in [0.25, 0.3) is 0 Å². The van der Waals surface area contributed by atoms with Crippen molar-refractivity contribution in [2.75, 3.05) is 27.2 Å². The molecule has 3 heterocycles. The number of aromatic nitrogens is 2. The number of carbonyl (C=O) groups excluding carboxylic acids is 1. The number of amides is 1. The van der Waals surface area contributed by atoms with E-state index >= 15 is 0 Å². The summed E-state index contributed by atoms with van der Waals surface area (Å²) in [5.41, 5.74) is -0.484. The summed E-state index contributed by atoms with van der Waals surface area (Å²) in [5.74, 6) is 0.169. The van der Waals surface area contributed by atoms with Gasteiger partial charge in [-0.1, -0.05) is 0 Å². The predicted molar refractivity (Wildman–Crippen MR) is 92.5 cm³/mol. The maximum Gasteiger partial charge on any atom is 0.248 e. The van der Waals surface area contributed by atoms with Crippen LogP contribution in [0.2, 0.25) is 0 Å². The van der Waals surface area contributed by atoms with Crippen molar-refractivity contribution in [1.82, 2.24) is 19.4 Å². The normalized spacial score (nSPS) is 18.0. The second-order valence-corrected chi connectivity index (χ2v) is 7.86. The molecule has 0 bridgehead atoms. The first-order valence-electron chi connectivity index (χ1n) is 7.99. The van der Waals surface area contributed by atoms with Crippen molar-refractivity contribution in [3.8, 4) is 0 Å². The van der Waals surface area contributed by atoms with E-state index < -0.39 is 5.54 Å². The van der Waals surface area contributed by atoms with Crippen LogP contribution >= 0.6 is 11.3 Å². The van der Waals surface area contributed by atoms with E-state index in [0.29, 0.717) is 0 Å². The monoisotopic (exact) mass is 332 g/mol. The average molecular weight is 332 g/mol. The quantitative estimate of drug-likeness (QED) is 0.863. The molecule has 6 heteroatoms. The number of likely N-dealkylation sites (N-methyl/N-ethyl adjacent to an activating group) is 1. The Morgan fingerprint density at radius 2 is 2.09 bits per heavy atom. The molecule has 0 spiro atoms. The Morgan fingerprint density at radius 3 is 2.61 bits per heavy atom. The topological polar surface area (TPSA) is 41.4 Å². The summed E-state index contributed by atoms with van der Waals surface area (Å²) in [4.78, 5) is 23.9. The van der Waals surface area contributed by atoms with Crippen LogP contribution in [0.3, 0.4) is 0 Å². The van der Waals surface area contributed by atoms with Gasteiger partial charge in [-0.2, -0.15) is 0 Å². The van der Waals surface area contributed by atoms with E-state index in [-0.39, 0.29) is 5.91 Å². The van der Waals surface area contributed by atoms with Crippen LogP contribution in [0.1, 0.15) is 22.6 Å². The third-order valence-electron chi connectivity index (χ3n) is 4.66. The Morgan fingerprint density at radius 1 is 1.35 bits per heavy atom. The van der Waals surface area contributed by atoms with E-state index in [9.17, 15) is 4.79 Å². The van der Waals surface area contributed by atoms with Gasteiger partial charge >= 0.3 is 0 Å². The number of likely N-dealkylation sites (tertiary alicyclic amines) is 1. The number of hydrogen-bond acceptors (Lipinski definition) is 4. The molecule has 0 saturated carbocycles. The van der Waals surface area contributed by atoms with Crippen LogP contribution in [-0.4, -0.2) is 52.4 Å². The zero-order chi connectivity index (χ0) is 16.4. The molecular weight excluding hydrogens is 308 g/mol. The Kier molecular flexibility index (Phi) is 4.55. The second-order valence-electron chi connectivity index (χ2n) is 6.49. The third-order valence-corrected chi connectivity index (χ3v) is 5.65. The van der Waals surface area contributed by atoms with Gasteiger partial charge in [-0.3, -0.25) is 9.69 Å². The lowest BCUT2D eigenvalue weighted by Crippen LogP contribution is -2.54. The van der Waals surface area contributed by atoms with Crippen LogP contribution in [0.5, 0.6) is 0 Å². The van der Waals surface area contributed by atoms with Crippen molar-refractivity contribution in [3.63, 3.8) is 0 Å². The van der Waals surface area contributed by atoms with E-state index in [0.717, 1.165) is 32.5 Å². The SMILES string of the molecule is Cc1ccc(CN2CCC(C(=O)N(C)C)(n3ccnc3)CC2)s1. The van der Waals surface area contributed by atoms with Gasteiger partial charge in [0.05, 0.1) is 6.33 Å². The Hall–Kier alpha value is -1.66. The van der Waals surface area contributed by atoms with E-state index in [1.54, 1.807) is 17.4 Å². The van der Waals surface area contributed by atoms with Gasteiger partial charge in [0.15, 0.2) is 0 Å². The first-order chi connectivity index (χ1) is 11.0. The molecule has 23 heavy (non-hydrogen) atoms. The number of imidazole rings is 1. The molecule has 2 aromatic rings. The summed E-state index contributed by atoms with van der Waals surface area (Å²) in [7, 11) is 3.67. The van der Waals surface area contributed by atoms with Gasteiger partial charge in [-0.15, -0.1) is 11.3 Å². The van der Waals surface area contributed by atoms with Crippen LogP contribution in [0, 0.1) is 6.92 Å². The molecule has 1 fully saturated rings. The zero-order valence-electron chi connectivity index (χ0n) is 14.0. The summed E-state index contributed by atoms with van der Waals surface area (Å²) in [5, 5.41) is 0. The summed E-state index contributed by atoms with van der Waals surface area (Å²) in [6.45, 7) is 4.97. The van der Waals surface area contributed by atoms with Gasteiger partial charge in [-0.25, -0.2) is 4.98 Å². The molecule has 0 N–H and O–H groups in total. The smallest absolute Gasteiger partial charge is 0.248 e. The maximum absolute atomic E-state index is 12.8. The average Bonchev–Trinajstić information content (AvgIpc) is 3.19. The van der Waals surface area contributed by atoms with Crippen LogP contribution in [0.15, 0.2) is 30.9 Å². The molecule has 1 amide bonds. The molecule has 0 atom stereocenters. The van der Waals surface area contributed by atoms with Crippen molar-refractivity contribution in [3.05, 3.63) is 40.6 Å². The maximum atomic E-state index is 12.8. The minimum absolute atomic E-state index is 0.169. The largest absolute Gasteiger partial charge is 0.347 e. The molecule has 2 aromatic heterocycles. The van der Waals surface area contributed by atoms with Crippen molar-refractivity contribution in [1.29, 1.82) is 0 Å². The van der Waals surface area contributed by atoms with E-state index in [1.165, 1.54) is 9.75 Å². The fraction of sp³-hybridized carbons (Fsp3) is 0.529. The number of aryl methyl sites for hydroxylation is 1. The Labute approximate surface area is 141 Å². The highest BCUT2D eigenvalue weighted by molar-refractivity contribution is 7.11. The number of thiophene rings is 1. The predicted octanol–water partition coefficient (Wildman–Crippen LogP) is 2.33. The molecule has 1 saturated heterocycles. The fourth-order valence-electron chi connectivity index (χ4n) is 3.38. The van der Waals surface area contributed by atoms with Gasteiger partial charge in [0.2, 0.25) is 5.91 Å². The number of hydrogen-bond donors (Lipinski definition) is 0. The number of carbonyl (C=O) groups is 1. The Bertz CT molecular complexity index is 654. The molecule has 1 aliphatic heterocycles. The van der Waals surface area contributed by atoms with Gasteiger partial charge in [0.1, 0.15) is 5.54 Å². The standard InChI is InChI=1S/C17H24N4OS/c1-14-4-5-15(23-14)12-20-9-6-17(7-10-20,16(22)19(2)3)21-11-8-18-13-21/h4-5,8,11,13H,6-7,9-10,12H2,1-3H3. The van der Waals surface area contributed by atoms with Gasteiger partial charge in [-0.05, 0) is 31.9 Å². The fourth-order valence-corrected chi connectivity index (χ4v) is 4.32. The third kappa shape index (κ3) is 3.19. The van der Waals surface area contributed by atoms with Crippen molar-refractivity contribution in [2.45, 2.75) is 31.8 Å². The molecule has 0 aliphatic carbocycles. The molecular formula is C17H24N4OS. The zero-order valence-corrected chi connectivity index (χ0v) is 14.8. The molecule has 124 valence electrons. The number of rotatable bonds is 4. The first kappa shape index (κ1) is 16.2. The summed E-state index contributed by atoms with van der Waals surface area (Å²) in [6, 6.07) is 4.39. The lowest BCUT2D eigenvalue weighted by Gasteiger charge is -2.42. The summed E-state index contributed by atoms with van der Waals surface area (Å²) in [6.07, 6.45) is 7.10. The highest BCUT2D eigenvalue weighted by Gasteiger charge is 2.43. The van der Waals surface area contributed by atoms with E-state index in [2.05, 4.69) is 28.9 Å². The second kappa shape index (κ2) is 6.45. The number of piperidine rings is 1. The molecule has 0 radical (unpaired) electrons. The van der Waals surface area contributed by atoms with Crippen LogP contribution < -0.4 is 0 Å². The molecule has 0 aromatic carbocycles. The minimum Gasteiger partial charge on any atom is -0.347 e. The lowest BCUT2D eigenvalue weighted by molar-refractivity contribution is -0.141. The summed E-state index contributed by atoms with van der Waals surface area (Å²) >= 11 is 1.86. The van der Waals surface area contributed by atoms with Crippen LogP contribution in [-0.2, 0) is 16.9 Å².